The van der Waals surface area contributed by atoms with Crippen molar-refractivity contribution in [3.05, 3.63) is 67.9 Å². The maximum absolute atomic E-state index is 14.1. The minimum Gasteiger partial charge on any atom is -0.307 e. The Morgan fingerprint density at radius 1 is 1.00 bits per heavy atom. The van der Waals surface area contributed by atoms with Crippen molar-refractivity contribution in [1.29, 1.82) is 0 Å². The Morgan fingerprint density at radius 2 is 1.68 bits per heavy atom. The second kappa shape index (κ2) is 5.54. The molecular formula is C16H9F5N2O2. The van der Waals surface area contributed by atoms with Gasteiger partial charge in [0, 0.05) is 17.2 Å². The smallest absolute Gasteiger partial charge is 0.307 e. The van der Waals surface area contributed by atoms with Crippen LogP contribution in [0.3, 0.4) is 0 Å². The minimum atomic E-state index is -4.91. The number of hydrogen-bond donors (Lipinski definition) is 2. The first kappa shape index (κ1) is 16.9. The average molecular weight is 356 g/mol. The predicted molar refractivity (Wildman–Crippen MR) is 80.3 cm³/mol. The molecule has 25 heavy (non-hydrogen) atoms. The molecule has 0 fully saturated rings. The summed E-state index contributed by atoms with van der Waals surface area (Å²) in [5, 5.41) is -0.393. The number of aromatic amines is 2. The van der Waals surface area contributed by atoms with Crippen LogP contribution in [0.4, 0.5) is 22.0 Å². The van der Waals surface area contributed by atoms with Crippen LogP contribution in [0, 0.1) is 18.6 Å². The van der Waals surface area contributed by atoms with Crippen LogP contribution < -0.4 is 11.2 Å². The second-order valence-corrected chi connectivity index (χ2v) is 5.38. The van der Waals surface area contributed by atoms with E-state index in [9.17, 15) is 31.5 Å². The molecular weight excluding hydrogens is 347 g/mol. The molecule has 0 radical (unpaired) electrons. The van der Waals surface area contributed by atoms with E-state index in [1.165, 1.54) is 6.92 Å². The Kier molecular flexibility index (Phi) is 3.74. The molecule has 9 heteroatoms. The third-order valence-electron chi connectivity index (χ3n) is 3.79. The summed E-state index contributed by atoms with van der Waals surface area (Å²) in [5.74, 6) is -2.14. The number of hydrogen-bond acceptors (Lipinski definition) is 2. The zero-order valence-corrected chi connectivity index (χ0v) is 12.5. The molecule has 2 N–H and O–H groups in total. The van der Waals surface area contributed by atoms with Gasteiger partial charge in [-0.1, -0.05) is 0 Å². The summed E-state index contributed by atoms with van der Waals surface area (Å²) in [6.07, 6.45) is -4.91. The molecule has 0 unspecified atom stereocenters. The molecule has 0 spiro atoms. The molecule has 0 aliphatic rings. The zero-order chi connectivity index (χ0) is 18.5. The van der Waals surface area contributed by atoms with E-state index in [0.717, 1.165) is 12.1 Å². The van der Waals surface area contributed by atoms with Crippen molar-refractivity contribution in [2.45, 2.75) is 13.1 Å². The molecule has 2 aromatic carbocycles. The third-order valence-corrected chi connectivity index (χ3v) is 3.79. The molecule has 0 saturated heterocycles. The van der Waals surface area contributed by atoms with Crippen LogP contribution in [-0.4, -0.2) is 9.97 Å². The van der Waals surface area contributed by atoms with E-state index < -0.39 is 51.1 Å². The summed E-state index contributed by atoms with van der Waals surface area (Å²) in [4.78, 5) is 27.3. The van der Waals surface area contributed by atoms with Gasteiger partial charge in [-0.05, 0) is 30.7 Å². The lowest BCUT2D eigenvalue weighted by Gasteiger charge is -2.18. The number of benzene rings is 2. The van der Waals surface area contributed by atoms with Crippen LogP contribution in [-0.2, 0) is 6.18 Å². The van der Waals surface area contributed by atoms with Gasteiger partial charge in [0.05, 0.1) is 16.5 Å². The predicted octanol–water partition coefficient (Wildman–Crippen LogP) is 3.49. The number of halogens is 5. The number of rotatable bonds is 1. The van der Waals surface area contributed by atoms with Crippen molar-refractivity contribution in [2.24, 2.45) is 0 Å². The molecule has 1 aromatic heterocycles. The maximum atomic E-state index is 14.1. The zero-order valence-electron chi connectivity index (χ0n) is 12.5. The van der Waals surface area contributed by atoms with Gasteiger partial charge < -0.3 is 4.98 Å². The van der Waals surface area contributed by atoms with E-state index in [4.69, 9.17) is 0 Å². The summed E-state index contributed by atoms with van der Waals surface area (Å²) in [7, 11) is 0. The minimum absolute atomic E-state index is 0.152. The van der Waals surface area contributed by atoms with Crippen molar-refractivity contribution in [2.75, 3.05) is 0 Å². The van der Waals surface area contributed by atoms with Crippen molar-refractivity contribution in [3.8, 4) is 11.1 Å². The van der Waals surface area contributed by atoms with Crippen molar-refractivity contribution >= 4 is 10.9 Å². The van der Waals surface area contributed by atoms with Gasteiger partial charge in [0.15, 0.2) is 0 Å². The van der Waals surface area contributed by atoms with E-state index in [1.54, 1.807) is 0 Å². The van der Waals surface area contributed by atoms with Crippen molar-refractivity contribution in [1.82, 2.24) is 9.97 Å². The molecule has 130 valence electrons. The molecule has 3 aromatic rings. The van der Waals surface area contributed by atoms with E-state index in [1.807, 2.05) is 4.98 Å². The third kappa shape index (κ3) is 2.81. The number of nitrogens with one attached hydrogen (secondary N) is 2. The van der Waals surface area contributed by atoms with E-state index >= 15 is 0 Å². The first-order valence-corrected chi connectivity index (χ1v) is 6.92. The standard InChI is InChI=1S/C16H9F5N2O2/c1-6-12(8-3-2-7(17)4-11(8)18)10(16(19,20)21)5-9-13(6)22-15(25)23-14(9)24/h2-5H,1H3,(H2,22,23,24,25). The summed E-state index contributed by atoms with van der Waals surface area (Å²) in [6.45, 7) is 1.21. The largest absolute Gasteiger partial charge is 0.417 e. The summed E-state index contributed by atoms with van der Waals surface area (Å²) in [6, 6.07) is 2.69. The SMILES string of the molecule is Cc1c(-c2ccc(F)cc2F)c(C(F)(F)F)cc2c(=O)[nH]c(=O)[nH]c12. The van der Waals surface area contributed by atoms with Gasteiger partial charge in [0.2, 0.25) is 0 Å². The topological polar surface area (TPSA) is 65.7 Å². The van der Waals surface area contributed by atoms with Crippen LogP contribution in [0.25, 0.3) is 22.0 Å². The molecule has 0 bridgehead atoms. The number of fused-ring (bicyclic) bond motifs is 1. The number of aryl methyl sites for hydroxylation is 1. The highest BCUT2D eigenvalue weighted by atomic mass is 19.4. The lowest BCUT2D eigenvalue weighted by Crippen LogP contribution is -2.23. The van der Waals surface area contributed by atoms with Crippen LogP contribution in [0.5, 0.6) is 0 Å². The number of aromatic nitrogens is 2. The van der Waals surface area contributed by atoms with Crippen LogP contribution in [0.2, 0.25) is 0 Å². The molecule has 0 atom stereocenters. The molecule has 1 heterocycles. The first-order valence-electron chi connectivity index (χ1n) is 6.92. The normalized spacial score (nSPS) is 11.9. The van der Waals surface area contributed by atoms with Gasteiger partial charge in [-0.25, -0.2) is 13.6 Å². The first-order chi connectivity index (χ1) is 11.6. The fourth-order valence-corrected chi connectivity index (χ4v) is 2.74. The van der Waals surface area contributed by atoms with E-state index in [0.29, 0.717) is 12.1 Å². The highest BCUT2D eigenvalue weighted by molar-refractivity contribution is 5.90. The Bertz CT molecular complexity index is 1110. The summed E-state index contributed by atoms with van der Waals surface area (Å²) < 4.78 is 67.6. The van der Waals surface area contributed by atoms with E-state index in [-0.39, 0.29) is 11.1 Å². The number of alkyl halides is 3. The van der Waals surface area contributed by atoms with Crippen LogP contribution >= 0.6 is 0 Å². The average Bonchev–Trinajstić information content (AvgIpc) is 2.48. The molecule has 0 amide bonds. The fraction of sp³-hybridized carbons (Fsp3) is 0.125. The molecule has 0 aliphatic carbocycles. The molecule has 4 nitrogen and oxygen atoms in total. The molecule has 0 saturated carbocycles. The fourth-order valence-electron chi connectivity index (χ4n) is 2.74. The van der Waals surface area contributed by atoms with Gasteiger partial charge in [0.1, 0.15) is 11.6 Å². The van der Waals surface area contributed by atoms with Gasteiger partial charge >= 0.3 is 11.9 Å². The van der Waals surface area contributed by atoms with Crippen molar-refractivity contribution in [3.63, 3.8) is 0 Å². The Hall–Kier alpha value is -2.97. The number of H-pyrrole nitrogens is 2. The Balaban J connectivity index is 2.54. The summed E-state index contributed by atoms with van der Waals surface area (Å²) in [5.41, 5.74) is -4.54. The van der Waals surface area contributed by atoms with Gasteiger partial charge in [-0.2, -0.15) is 13.2 Å². The van der Waals surface area contributed by atoms with Crippen LogP contribution in [0.15, 0.2) is 33.9 Å². The molecule has 3 rings (SSSR count). The molecule has 0 aliphatic heterocycles. The quantitative estimate of drug-likeness (QED) is 0.656. The Morgan fingerprint density at radius 3 is 2.28 bits per heavy atom. The van der Waals surface area contributed by atoms with Crippen molar-refractivity contribution < 1.29 is 22.0 Å². The van der Waals surface area contributed by atoms with Crippen LogP contribution in [0.1, 0.15) is 11.1 Å². The monoisotopic (exact) mass is 356 g/mol. The Labute approximate surface area is 135 Å². The lowest BCUT2D eigenvalue weighted by molar-refractivity contribution is -0.137. The van der Waals surface area contributed by atoms with Gasteiger partial charge in [-0.3, -0.25) is 9.78 Å². The van der Waals surface area contributed by atoms with Gasteiger partial charge in [0.25, 0.3) is 5.56 Å². The second-order valence-electron chi connectivity index (χ2n) is 5.38. The van der Waals surface area contributed by atoms with E-state index in [2.05, 4.69) is 4.98 Å². The maximum Gasteiger partial charge on any atom is 0.417 e. The van der Waals surface area contributed by atoms with Gasteiger partial charge in [-0.15, -0.1) is 0 Å². The lowest BCUT2D eigenvalue weighted by atomic mass is 9.92. The summed E-state index contributed by atoms with van der Waals surface area (Å²) >= 11 is 0. The highest BCUT2D eigenvalue weighted by Gasteiger charge is 2.36. The highest BCUT2D eigenvalue weighted by Crippen LogP contribution is 2.41.